The normalized spacial score (nSPS) is 13.0. The number of benzene rings is 1. The molecule has 1 rings (SSSR count). The van der Waals surface area contributed by atoms with Gasteiger partial charge in [0, 0.05) is 24.8 Å². The minimum atomic E-state index is -0.123. The van der Waals surface area contributed by atoms with Gasteiger partial charge in [-0.25, -0.2) is 0 Å². The quantitative estimate of drug-likeness (QED) is 0.723. The summed E-state index contributed by atoms with van der Waals surface area (Å²) in [6.07, 6.45) is 2.69. The molecule has 0 saturated carbocycles. The maximum absolute atomic E-state index is 12.0. The number of hydrogen-bond acceptors (Lipinski definition) is 3. The van der Waals surface area contributed by atoms with Gasteiger partial charge in [0.25, 0.3) is 0 Å². The molecule has 0 fully saturated rings. The number of carbonyl (C=O) groups excluding carboxylic acids is 1. The molecule has 0 bridgehead atoms. The molecule has 1 aromatic rings. The van der Waals surface area contributed by atoms with Crippen LogP contribution in [-0.2, 0) is 11.2 Å². The van der Waals surface area contributed by atoms with Gasteiger partial charge < -0.3 is 16.2 Å². The lowest BCUT2D eigenvalue weighted by Crippen LogP contribution is -2.31. The van der Waals surface area contributed by atoms with Crippen LogP contribution < -0.4 is 11.1 Å². The Bertz CT molecular complexity index is 452. The molecular formula is C17H28N2O2. The third-order valence-electron chi connectivity index (χ3n) is 3.16. The Hall–Kier alpha value is -1.39. The summed E-state index contributed by atoms with van der Waals surface area (Å²) in [5, 5.41) is 11.7. The van der Waals surface area contributed by atoms with Crippen LogP contribution in [0.15, 0.2) is 24.3 Å². The van der Waals surface area contributed by atoms with Crippen molar-refractivity contribution in [2.45, 2.75) is 52.5 Å². The van der Waals surface area contributed by atoms with Crippen LogP contribution >= 0.6 is 0 Å². The molecule has 4 N–H and O–H groups in total. The van der Waals surface area contributed by atoms with E-state index in [9.17, 15) is 4.79 Å². The summed E-state index contributed by atoms with van der Waals surface area (Å²) in [7, 11) is 0. The van der Waals surface area contributed by atoms with Crippen molar-refractivity contribution in [3.05, 3.63) is 29.8 Å². The van der Waals surface area contributed by atoms with Gasteiger partial charge >= 0.3 is 0 Å². The van der Waals surface area contributed by atoms with Crippen molar-refractivity contribution in [2.75, 3.05) is 11.9 Å². The topological polar surface area (TPSA) is 75.4 Å². The van der Waals surface area contributed by atoms with E-state index in [0.717, 1.165) is 30.5 Å². The van der Waals surface area contributed by atoms with Gasteiger partial charge in [-0.2, -0.15) is 0 Å². The minimum absolute atomic E-state index is 0.0499. The Morgan fingerprint density at radius 1 is 1.38 bits per heavy atom. The first-order valence-corrected chi connectivity index (χ1v) is 7.55. The predicted molar refractivity (Wildman–Crippen MR) is 87.1 cm³/mol. The van der Waals surface area contributed by atoms with E-state index in [1.807, 2.05) is 24.3 Å². The average molecular weight is 292 g/mol. The van der Waals surface area contributed by atoms with Crippen LogP contribution in [0.4, 0.5) is 5.69 Å². The molecule has 0 aliphatic carbocycles. The van der Waals surface area contributed by atoms with E-state index in [1.165, 1.54) is 0 Å². The van der Waals surface area contributed by atoms with Gasteiger partial charge in [-0.3, -0.25) is 4.79 Å². The lowest BCUT2D eigenvalue weighted by Gasteiger charge is -2.22. The van der Waals surface area contributed by atoms with E-state index in [-0.39, 0.29) is 24.0 Å². The summed E-state index contributed by atoms with van der Waals surface area (Å²) >= 11 is 0. The predicted octanol–water partition coefficient (Wildman–Crippen LogP) is 2.70. The molecule has 4 nitrogen and oxygen atoms in total. The first-order valence-electron chi connectivity index (χ1n) is 7.55. The van der Waals surface area contributed by atoms with Crippen LogP contribution in [0, 0.1) is 5.41 Å². The molecule has 0 aromatic heterocycles. The highest BCUT2D eigenvalue weighted by atomic mass is 16.2. The zero-order valence-corrected chi connectivity index (χ0v) is 13.4. The van der Waals surface area contributed by atoms with Crippen molar-refractivity contribution in [1.82, 2.24) is 0 Å². The number of hydrogen-bond donors (Lipinski definition) is 3. The molecule has 0 radical (unpaired) electrons. The number of amides is 1. The molecule has 0 saturated heterocycles. The lowest BCUT2D eigenvalue weighted by atomic mass is 9.87. The van der Waals surface area contributed by atoms with E-state index in [4.69, 9.17) is 10.8 Å². The highest BCUT2D eigenvalue weighted by Crippen LogP contribution is 2.21. The smallest absolute Gasteiger partial charge is 0.225 e. The van der Waals surface area contributed by atoms with E-state index in [2.05, 4.69) is 26.1 Å². The van der Waals surface area contributed by atoms with Crippen molar-refractivity contribution in [3.63, 3.8) is 0 Å². The zero-order valence-electron chi connectivity index (χ0n) is 13.4. The van der Waals surface area contributed by atoms with Gasteiger partial charge in [-0.1, -0.05) is 32.9 Å². The number of aliphatic hydroxyl groups is 1. The fourth-order valence-corrected chi connectivity index (χ4v) is 2.40. The van der Waals surface area contributed by atoms with Gasteiger partial charge in [0.15, 0.2) is 0 Å². The molecular weight excluding hydrogens is 264 g/mol. The summed E-state index contributed by atoms with van der Waals surface area (Å²) in [6, 6.07) is 7.61. The number of carbonyl (C=O) groups is 1. The van der Waals surface area contributed by atoms with E-state index in [0.29, 0.717) is 6.42 Å². The van der Waals surface area contributed by atoms with E-state index < -0.39 is 0 Å². The van der Waals surface area contributed by atoms with Gasteiger partial charge in [0.05, 0.1) is 0 Å². The summed E-state index contributed by atoms with van der Waals surface area (Å²) < 4.78 is 0. The summed E-state index contributed by atoms with van der Waals surface area (Å²) in [4.78, 5) is 12.0. The van der Waals surface area contributed by atoms with Crippen molar-refractivity contribution < 1.29 is 9.90 Å². The molecule has 0 spiro atoms. The largest absolute Gasteiger partial charge is 0.396 e. The second-order valence-corrected chi connectivity index (χ2v) is 6.80. The Morgan fingerprint density at radius 2 is 2.10 bits per heavy atom. The van der Waals surface area contributed by atoms with Gasteiger partial charge in [0.1, 0.15) is 0 Å². The van der Waals surface area contributed by atoms with Gasteiger partial charge in [-0.05, 0) is 42.4 Å². The second kappa shape index (κ2) is 8.15. The average Bonchev–Trinajstić information content (AvgIpc) is 2.34. The fraction of sp³-hybridized carbons (Fsp3) is 0.588. The first-order chi connectivity index (χ1) is 9.80. The highest BCUT2D eigenvalue weighted by molar-refractivity contribution is 5.91. The molecule has 0 heterocycles. The number of aryl methyl sites for hydroxylation is 1. The number of anilines is 1. The Morgan fingerprint density at radius 3 is 2.71 bits per heavy atom. The lowest BCUT2D eigenvalue weighted by molar-refractivity contribution is -0.116. The third kappa shape index (κ3) is 7.83. The second-order valence-electron chi connectivity index (χ2n) is 6.80. The Labute approximate surface area is 127 Å². The molecule has 1 unspecified atom stereocenters. The summed E-state index contributed by atoms with van der Waals surface area (Å²) in [5.41, 5.74) is 8.05. The van der Waals surface area contributed by atoms with Crippen LogP contribution in [0.3, 0.4) is 0 Å². The minimum Gasteiger partial charge on any atom is -0.396 e. The fourth-order valence-electron chi connectivity index (χ4n) is 2.40. The number of nitrogens with one attached hydrogen (secondary N) is 1. The number of rotatable bonds is 7. The van der Waals surface area contributed by atoms with Crippen LogP contribution in [0.2, 0.25) is 0 Å². The molecule has 21 heavy (non-hydrogen) atoms. The standard InChI is InChI=1S/C17H28N2O2/c1-17(2,3)12-14(18)11-16(21)19-15-8-4-6-13(10-15)7-5-9-20/h4,6,8,10,14,20H,5,7,9,11-12,18H2,1-3H3,(H,19,21). The van der Waals surface area contributed by atoms with Crippen molar-refractivity contribution in [2.24, 2.45) is 11.1 Å². The summed E-state index contributed by atoms with van der Waals surface area (Å²) in [5.74, 6) is -0.0499. The highest BCUT2D eigenvalue weighted by Gasteiger charge is 2.18. The van der Waals surface area contributed by atoms with Gasteiger partial charge in [0.2, 0.25) is 5.91 Å². The molecule has 0 aliphatic heterocycles. The monoisotopic (exact) mass is 292 g/mol. The number of nitrogens with two attached hydrogens (primary N) is 1. The zero-order chi connectivity index (χ0) is 15.9. The Balaban J connectivity index is 2.50. The maximum atomic E-state index is 12.0. The van der Waals surface area contributed by atoms with Crippen molar-refractivity contribution >= 4 is 11.6 Å². The summed E-state index contributed by atoms with van der Waals surface area (Å²) in [6.45, 7) is 6.54. The molecule has 0 aliphatic rings. The number of aliphatic hydroxyl groups excluding tert-OH is 1. The van der Waals surface area contributed by atoms with Crippen LogP contribution in [0.5, 0.6) is 0 Å². The first kappa shape index (κ1) is 17.7. The SMILES string of the molecule is CC(C)(C)CC(N)CC(=O)Nc1cccc(CCCO)c1. The Kier molecular flexibility index (Phi) is 6.85. The van der Waals surface area contributed by atoms with Crippen molar-refractivity contribution in [1.29, 1.82) is 0 Å². The van der Waals surface area contributed by atoms with Crippen molar-refractivity contribution in [3.8, 4) is 0 Å². The van der Waals surface area contributed by atoms with Crippen LogP contribution in [-0.4, -0.2) is 23.7 Å². The molecule has 1 amide bonds. The van der Waals surface area contributed by atoms with Crippen LogP contribution in [0.25, 0.3) is 0 Å². The molecule has 118 valence electrons. The maximum Gasteiger partial charge on any atom is 0.225 e. The molecule has 1 atom stereocenters. The molecule has 4 heteroatoms. The van der Waals surface area contributed by atoms with Crippen LogP contribution in [0.1, 0.15) is 45.6 Å². The third-order valence-corrected chi connectivity index (χ3v) is 3.16. The molecule has 1 aromatic carbocycles. The van der Waals surface area contributed by atoms with E-state index in [1.54, 1.807) is 0 Å². The van der Waals surface area contributed by atoms with Gasteiger partial charge in [-0.15, -0.1) is 0 Å². The van der Waals surface area contributed by atoms with E-state index >= 15 is 0 Å².